The molecule has 0 spiro atoms. The van der Waals surface area contributed by atoms with Crippen LogP contribution in [0.25, 0.3) is 0 Å². The molecule has 2 fully saturated rings. The molecule has 0 aromatic carbocycles. The zero-order valence-corrected chi connectivity index (χ0v) is 9.26. The number of nitrogens with zero attached hydrogens (tertiary/aromatic N) is 3. The maximum atomic E-state index is 5.69. The highest BCUT2D eigenvalue weighted by atomic mass is 15.2. The Kier molecular flexibility index (Phi) is 2.12. The Balaban J connectivity index is 1.83. The van der Waals surface area contributed by atoms with E-state index in [0.29, 0.717) is 5.82 Å². The molecule has 1 aromatic rings. The second kappa shape index (κ2) is 3.50. The summed E-state index contributed by atoms with van der Waals surface area (Å²) in [5.41, 5.74) is 11.3. The monoisotopic (exact) mass is 219 g/mol. The molecule has 1 saturated carbocycles. The van der Waals surface area contributed by atoms with Crippen LogP contribution in [0.1, 0.15) is 19.3 Å². The van der Waals surface area contributed by atoms with Crippen LogP contribution in [0, 0.1) is 11.8 Å². The molecule has 2 atom stereocenters. The van der Waals surface area contributed by atoms with Crippen molar-refractivity contribution in [1.82, 2.24) is 9.97 Å². The maximum Gasteiger partial charge on any atom is 0.223 e. The average molecular weight is 219 g/mol. The van der Waals surface area contributed by atoms with Crippen molar-refractivity contribution in [3.63, 3.8) is 0 Å². The van der Waals surface area contributed by atoms with E-state index < -0.39 is 0 Å². The van der Waals surface area contributed by atoms with Gasteiger partial charge in [-0.15, -0.1) is 0 Å². The number of hydrogen-bond donors (Lipinski definition) is 2. The van der Waals surface area contributed by atoms with Crippen LogP contribution in [0.4, 0.5) is 17.6 Å². The molecule has 5 nitrogen and oxygen atoms in total. The lowest BCUT2D eigenvalue weighted by molar-refractivity contribution is 0.494. The van der Waals surface area contributed by atoms with Crippen molar-refractivity contribution < 1.29 is 0 Å². The van der Waals surface area contributed by atoms with E-state index in [1.807, 2.05) is 6.07 Å². The Hall–Kier alpha value is -1.52. The standard InChI is InChI=1S/C11H17N5/c12-9-4-10(15-11(13)14-9)16-5-7-2-1-3-8(7)6-16/h4,7-8H,1-3,5-6H2,(H4,12,13,14,15). The summed E-state index contributed by atoms with van der Waals surface area (Å²) in [7, 11) is 0. The summed E-state index contributed by atoms with van der Waals surface area (Å²) in [4.78, 5) is 10.4. The SMILES string of the molecule is Nc1cc(N2CC3CCCC3C2)nc(N)n1. The summed E-state index contributed by atoms with van der Waals surface area (Å²) in [6, 6.07) is 1.82. The molecule has 1 saturated heterocycles. The van der Waals surface area contributed by atoms with E-state index in [1.165, 1.54) is 19.3 Å². The van der Waals surface area contributed by atoms with E-state index in [4.69, 9.17) is 11.5 Å². The first-order valence-electron chi connectivity index (χ1n) is 5.87. The lowest BCUT2D eigenvalue weighted by Crippen LogP contribution is -2.22. The van der Waals surface area contributed by atoms with Gasteiger partial charge in [-0.25, -0.2) is 0 Å². The van der Waals surface area contributed by atoms with Gasteiger partial charge in [-0.2, -0.15) is 9.97 Å². The summed E-state index contributed by atoms with van der Waals surface area (Å²) < 4.78 is 0. The first-order valence-corrected chi connectivity index (χ1v) is 5.87. The van der Waals surface area contributed by atoms with Crippen LogP contribution in [0.2, 0.25) is 0 Å². The predicted octanol–water partition coefficient (Wildman–Crippen LogP) is 0.877. The minimum absolute atomic E-state index is 0.270. The van der Waals surface area contributed by atoms with E-state index in [1.54, 1.807) is 0 Å². The van der Waals surface area contributed by atoms with Crippen molar-refractivity contribution in [3.8, 4) is 0 Å². The molecule has 2 aliphatic rings. The summed E-state index contributed by atoms with van der Waals surface area (Å²) in [6.45, 7) is 2.20. The third-order valence-electron chi connectivity index (χ3n) is 3.80. The lowest BCUT2D eigenvalue weighted by Gasteiger charge is -2.18. The van der Waals surface area contributed by atoms with Gasteiger partial charge in [-0.1, -0.05) is 6.42 Å². The summed E-state index contributed by atoms with van der Waals surface area (Å²) in [6.07, 6.45) is 4.10. The molecule has 1 aliphatic carbocycles. The third kappa shape index (κ3) is 1.56. The predicted molar refractivity (Wildman–Crippen MR) is 63.9 cm³/mol. The zero-order valence-electron chi connectivity index (χ0n) is 9.26. The fraction of sp³-hybridized carbons (Fsp3) is 0.636. The number of anilines is 3. The summed E-state index contributed by atoms with van der Waals surface area (Å²) in [5.74, 6) is 3.31. The number of nitrogens with two attached hydrogens (primary N) is 2. The Morgan fingerprint density at radius 2 is 1.81 bits per heavy atom. The topological polar surface area (TPSA) is 81.1 Å². The molecule has 16 heavy (non-hydrogen) atoms. The Morgan fingerprint density at radius 3 is 2.44 bits per heavy atom. The smallest absolute Gasteiger partial charge is 0.223 e. The van der Waals surface area contributed by atoms with Crippen LogP contribution in [0.3, 0.4) is 0 Å². The normalized spacial score (nSPS) is 28.4. The highest BCUT2D eigenvalue weighted by Crippen LogP contribution is 2.39. The van der Waals surface area contributed by atoms with Gasteiger partial charge in [0.05, 0.1) is 0 Å². The van der Waals surface area contributed by atoms with Crippen molar-refractivity contribution in [1.29, 1.82) is 0 Å². The van der Waals surface area contributed by atoms with Crippen LogP contribution >= 0.6 is 0 Å². The number of hydrogen-bond acceptors (Lipinski definition) is 5. The quantitative estimate of drug-likeness (QED) is 0.732. The van der Waals surface area contributed by atoms with Crippen LogP contribution < -0.4 is 16.4 Å². The Bertz CT molecular complexity index is 373. The molecule has 1 aliphatic heterocycles. The number of aromatic nitrogens is 2. The largest absolute Gasteiger partial charge is 0.383 e. The van der Waals surface area contributed by atoms with E-state index >= 15 is 0 Å². The molecule has 0 amide bonds. The molecule has 1 aromatic heterocycles. The molecule has 5 heteroatoms. The van der Waals surface area contributed by atoms with Gasteiger partial charge in [0.1, 0.15) is 11.6 Å². The molecule has 0 radical (unpaired) electrons. The summed E-state index contributed by atoms with van der Waals surface area (Å²) in [5, 5.41) is 0. The zero-order chi connectivity index (χ0) is 11.1. The molecule has 0 bridgehead atoms. The Morgan fingerprint density at radius 1 is 1.12 bits per heavy atom. The van der Waals surface area contributed by atoms with Gasteiger partial charge < -0.3 is 16.4 Å². The van der Waals surface area contributed by atoms with Gasteiger partial charge in [-0.05, 0) is 24.7 Å². The van der Waals surface area contributed by atoms with Gasteiger partial charge in [-0.3, -0.25) is 0 Å². The van der Waals surface area contributed by atoms with Gasteiger partial charge >= 0.3 is 0 Å². The molecule has 3 rings (SSSR count). The van der Waals surface area contributed by atoms with Crippen LogP contribution in [0.5, 0.6) is 0 Å². The molecule has 4 N–H and O–H groups in total. The fourth-order valence-electron chi connectivity index (χ4n) is 3.06. The van der Waals surface area contributed by atoms with Crippen molar-refractivity contribution in [2.24, 2.45) is 11.8 Å². The molecular weight excluding hydrogens is 202 g/mol. The lowest BCUT2D eigenvalue weighted by atomic mass is 10.0. The van der Waals surface area contributed by atoms with Gasteiger partial charge in [0, 0.05) is 19.2 Å². The number of nitrogen functional groups attached to an aromatic ring is 2. The van der Waals surface area contributed by atoms with Crippen LogP contribution in [-0.2, 0) is 0 Å². The Labute approximate surface area is 94.9 Å². The molecule has 2 unspecified atom stereocenters. The number of rotatable bonds is 1. The molecular formula is C11H17N5. The second-order valence-corrected chi connectivity index (χ2v) is 4.87. The fourth-order valence-corrected chi connectivity index (χ4v) is 3.06. The minimum Gasteiger partial charge on any atom is -0.383 e. The molecule has 86 valence electrons. The van der Waals surface area contributed by atoms with E-state index in [2.05, 4.69) is 14.9 Å². The van der Waals surface area contributed by atoms with Gasteiger partial charge in [0.15, 0.2) is 0 Å². The van der Waals surface area contributed by atoms with Gasteiger partial charge in [0.25, 0.3) is 0 Å². The van der Waals surface area contributed by atoms with Crippen molar-refractivity contribution in [2.75, 3.05) is 29.5 Å². The third-order valence-corrected chi connectivity index (χ3v) is 3.80. The van der Waals surface area contributed by atoms with Crippen LogP contribution in [0.15, 0.2) is 6.07 Å². The average Bonchev–Trinajstić information content (AvgIpc) is 2.74. The minimum atomic E-state index is 0.270. The van der Waals surface area contributed by atoms with E-state index in [9.17, 15) is 0 Å². The number of fused-ring (bicyclic) bond motifs is 1. The first kappa shape index (κ1) is 9.69. The van der Waals surface area contributed by atoms with Gasteiger partial charge in [0.2, 0.25) is 5.95 Å². The van der Waals surface area contributed by atoms with Crippen molar-refractivity contribution in [3.05, 3.63) is 6.07 Å². The second-order valence-electron chi connectivity index (χ2n) is 4.87. The highest BCUT2D eigenvalue weighted by molar-refractivity contribution is 5.51. The van der Waals surface area contributed by atoms with E-state index in [0.717, 1.165) is 30.7 Å². The molecule has 2 heterocycles. The highest BCUT2D eigenvalue weighted by Gasteiger charge is 2.36. The first-order chi connectivity index (χ1) is 7.72. The maximum absolute atomic E-state index is 5.69. The van der Waals surface area contributed by atoms with Crippen molar-refractivity contribution in [2.45, 2.75) is 19.3 Å². The summed E-state index contributed by atoms with van der Waals surface area (Å²) >= 11 is 0. The van der Waals surface area contributed by atoms with Crippen LogP contribution in [-0.4, -0.2) is 23.1 Å². The van der Waals surface area contributed by atoms with Crippen molar-refractivity contribution >= 4 is 17.6 Å². The van der Waals surface area contributed by atoms with E-state index in [-0.39, 0.29) is 5.95 Å².